The Morgan fingerprint density at radius 2 is 2.23 bits per heavy atom. The quantitative estimate of drug-likeness (QED) is 0.674. The molecule has 1 N–H and O–H groups in total. The molecule has 1 fully saturated rings. The lowest BCUT2D eigenvalue weighted by molar-refractivity contribution is -0.138. The smallest absolute Gasteiger partial charge is 0.306 e. The molecule has 0 bridgehead atoms. The lowest BCUT2D eigenvalue weighted by Gasteiger charge is -1.78. The SMILES string of the molecule is Fc1ccccn1.O=C(O)C1CC1. The Morgan fingerprint density at radius 3 is 2.38 bits per heavy atom. The molecule has 3 nitrogen and oxygen atoms in total. The molecule has 1 heterocycles. The fraction of sp³-hybridized carbons (Fsp3) is 0.333. The Labute approximate surface area is 75.2 Å². The summed E-state index contributed by atoms with van der Waals surface area (Å²) in [7, 11) is 0. The summed E-state index contributed by atoms with van der Waals surface area (Å²) in [5.41, 5.74) is 0. The minimum Gasteiger partial charge on any atom is -0.481 e. The summed E-state index contributed by atoms with van der Waals surface area (Å²) in [5.74, 6) is -1.04. The molecule has 1 aliphatic carbocycles. The van der Waals surface area contributed by atoms with Crippen molar-refractivity contribution in [3.05, 3.63) is 30.3 Å². The van der Waals surface area contributed by atoms with E-state index in [1.807, 2.05) is 0 Å². The number of carbonyl (C=O) groups is 1. The molecule has 1 aromatic rings. The second kappa shape index (κ2) is 4.54. The summed E-state index contributed by atoms with van der Waals surface area (Å²) in [6.45, 7) is 0. The number of hydrogen-bond donors (Lipinski definition) is 1. The minimum atomic E-state index is -0.630. The molecule has 1 saturated carbocycles. The normalized spacial score (nSPS) is 14.2. The van der Waals surface area contributed by atoms with E-state index in [1.165, 1.54) is 12.3 Å². The van der Waals surface area contributed by atoms with Gasteiger partial charge in [-0.15, -0.1) is 0 Å². The zero-order chi connectivity index (χ0) is 9.68. The highest BCUT2D eigenvalue weighted by Crippen LogP contribution is 2.28. The molecule has 0 atom stereocenters. The van der Waals surface area contributed by atoms with Gasteiger partial charge in [0, 0.05) is 6.20 Å². The molecule has 2 rings (SSSR count). The van der Waals surface area contributed by atoms with Crippen molar-refractivity contribution in [3.8, 4) is 0 Å². The van der Waals surface area contributed by atoms with Gasteiger partial charge in [-0.25, -0.2) is 4.98 Å². The number of halogens is 1. The predicted molar refractivity (Wildman–Crippen MR) is 44.6 cm³/mol. The Kier molecular flexibility index (Phi) is 3.37. The maximum absolute atomic E-state index is 11.8. The highest BCUT2D eigenvalue weighted by Gasteiger charge is 2.28. The van der Waals surface area contributed by atoms with Crippen molar-refractivity contribution in [3.63, 3.8) is 0 Å². The highest BCUT2D eigenvalue weighted by molar-refractivity contribution is 5.72. The van der Waals surface area contributed by atoms with Gasteiger partial charge in [0.05, 0.1) is 5.92 Å². The van der Waals surface area contributed by atoms with E-state index in [9.17, 15) is 9.18 Å². The van der Waals surface area contributed by atoms with Crippen LogP contribution in [-0.2, 0) is 4.79 Å². The van der Waals surface area contributed by atoms with E-state index in [-0.39, 0.29) is 5.92 Å². The average Bonchev–Trinajstić information content (AvgIpc) is 2.88. The van der Waals surface area contributed by atoms with Crippen LogP contribution in [0, 0.1) is 11.9 Å². The third-order valence-corrected chi connectivity index (χ3v) is 1.56. The van der Waals surface area contributed by atoms with Crippen LogP contribution in [0.15, 0.2) is 24.4 Å². The number of rotatable bonds is 1. The lowest BCUT2D eigenvalue weighted by atomic mass is 10.5. The second-order valence-electron chi connectivity index (χ2n) is 2.76. The van der Waals surface area contributed by atoms with Crippen LogP contribution < -0.4 is 0 Å². The van der Waals surface area contributed by atoms with Crippen molar-refractivity contribution in [2.75, 3.05) is 0 Å². The fourth-order valence-electron chi connectivity index (χ4n) is 0.672. The number of aliphatic carboxylic acids is 1. The van der Waals surface area contributed by atoms with Crippen LogP contribution in [0.2, 0.25) is 0 Å². The van der Waals surface area contributed by atoms with Crippen LogP contribution in [-0.4, -0.2) is 16.1 Å². The molecule has 0 aromatic carbocycles. The van der Waals surface area contributed by atoms with E-state index in [4.69, 9.17) is 5.11 Å². The molecule has 0 radical (unpaired) electrons. The molecule has 0 unspecified atom stereocenters. The van der Waals surface area contributed by atoms with Gasteiger partial charge in [-0.1, -0.05) is 6.07 Å². The third-order valence-electron chi connectivity index (χ3n) is 1.56. The standard InChI is InChI=1S/C5H4FN.C4H6O2/c6-5-3-1-2-4-7-5;5-4(6)3-1-2-3/h1-4H;3H,1-2H2,(H,5,6). The van der Waals surface area contributed by atoms with Crippen molar-refractivity contribution in [1.29, 1.82) is 0 Å². The Morgan fingerprint density at radius 1 is 1.54 bits per heavy atom. The molecule has 70 valence electrons. The van der Waals surface area contributed by atoms with Gasteiger partial charge < -0.3 is 5.11 Å². The molecule has 4 heteroatoms. The van der Waals surface area contributed by atoms with Crippen LogP contribution >= 0.6 is 0 Å². The number of pyridine rings is 1. The number of nitrogens with zero attached hydrogens (tertiary/aromatic N) is 1. The predicted octanol–water partition coefficient (Wildman–Crippen LogP) is 1.70. The van der Waals surface area contributed by atoms with Gasteiger partial charge >= 0.3 is 5.97 Å². The number of carboxylic acids is 1. The minimum absolute atomic E-state index is 0.0185. The largest absolute Gasteiger partial charge is 0.481 e. The molecule has 1 aliphatic rings. The molecule has 0 amide bonds. The maximum atomic E-state index is 11.8. The van der Waals surface area contributed by atoms with E-state index in [1.54, 1.807) is 12.1 Å². The first-order valence-electron chi connectivity index (χ1n) is 3.99. The summed E-state index contributed by atoms with van der Waals surface area (Å²) < 4.78 is 11.8. The van der Waals surface area contributed by atoms with Gasteiger partial charge in [0.15, 0.2) is 0 Å². The fourth-order valence-corrected chi connectivity index (χ4v) is 0.672. The number of aromatic nitrogens is 1. The van der Waals surface area contributed by atoms with E-state index in [0.29, 0.717) is 0 Å². The van der Waals surface area contributed by atoms with Crippen molar-refractivity contribution >= 4 is 5.97 Å². The molecule has 0 spiro atoms. The highest BCUT2D eigenvalue weighted by atomic mass is 19.1. The van der Waals surface area contributed by atoms with Gasteiger partial charge in [-0.2, -0.15) is 4.39 Å². The first-order chi connectivity index (χ1) is 6.20. The van der Waals surface area contributed by atoms with Gasteiger partial charge in [0.2, 0.25) is 5.95 Å². The Bertz CT molecular complexity index is 272. The zero-order valence-corrected chi connectivity index (χ0v) is 6.98. The zero-order valence-electron chi connectivity index (χ0n) is 6.98. The van der Waals surface area contributed by atoms with Gasteiger partial charge in [0.25, 0.3) is 0 Å². The maximum Gasteiger partial charge on any atom is 0.306 e. The monoisotopic (exact) mass is 183 g/mol. The van der Waals surface area contributed by atoms with Crippen LogP contribution in [0.25, 0.3) is 0 Å². The van der Waals surface area contributed by atoms with Crippen molar-refractivity contribution in [2.45, 2.75) is 12.8 Å². The first kappa shape index (κ1) is 9.64. The molecule has 13 heavy (non-hydrogen) atoms. The second-order valence-corrected chi connectivity index (χ2v) is 2.76. The van der Waals surface area contributed by atoms with Crippen molar-refractivity contribution in [1.82, 2.24) is 4.98 Å². The van der Waals surface area contributed by atoms with Gasteiger partial charge in [0.1, 0.15) is 0 Å². The molecular weight excluding hydrogens is 173 g/mol. The topological polar surface area (TPSA) is 50.2 Å². The number of hydrogen-bond acceptors (Lipinski definition) is 2. The Balaban J connectivity index is 0.000000132. The van der Waals surface area contributed by atoms with E-state index in [0.717, 1.165) is 12.8 Å². The van der Waals surface area contributed by atoms with Gasteiger partial charge in [-0.3, -0.25) is 4.79 Å². The average molecular weight is 183 g/mol. The molecule has 1 aromatic heterocycles. The Hall–Kier alpha value is -1.45. The van der Waals surface area contributed by atoms with Gasteiger partial charge in [-0.05, 0) is 25.0 Å². The van der Waals surface area contributed by atoms with Crippen LogP contribution in [0.1, 0.15) is 12.8 Å². The van der Waals surface area contributed by atoms with Crippen LogP contribution in [0.5, 0.6) is 0 Å². The third kappa shape index (κ3) is 4.20. The first-order valence-corrected chi connectivity index (χ1v) is 3.99. The van der Waals surface area contributed by atoms with Crippen LogP contribution in [0.4, 0.5) is 4.39 Å². The summed E-state index contributed by atoms with van der Waals surface area (Å²) in [6.07, 6.45) is 3.21. The summed E-state index contributed by atoms with van der Waals surface area (Å²) in [6, 6.07) is 4.57. The number of carboxylic acid groups (broad SMARTS) is 1. The molecule has 0 saturated heterocycles. The molecular formula is C9H10FNO2. The van der Waals surface area contributed by atoms with E-state index >= 15 is 0 Å². The van der Waals surface area contributed by atoms with Crippen LogP contribution in [0.3, 0.4) is 0 Å². The summed E-state index contributed by atoms with van der Waals surface area (Å²) in [4.78, 5) is 13.1. The van der Waals surface area contributed by atoms with Crippen molar-refractivity contribution in [2.24, 2.45) is 5.92 Å². The van der Waals surface area contributed by atoms with E-state index in [2.05, 4.69) is 4.98 Å². The van der Waals surface area contributed by atoms with E-state index < -0.39 is 11.9 Å². The lowest BCUT2D eigenvalue weighted by Crippen LogP contribution is -1.94. The van der Waals surface area contributed by atoms with Crippen molar-refractivity contribution < 1.29 is 14.3 Å². The summed E-state index contributed by atoms with van der Waals surface area (Å²) in [5, 5.41) is 8.05. The summed E-state index contributed by atoms with van der Waals surface area (Å²) >= 11 is 0. The molecule has 0 aliphatic heterocycles.